The first-order chi connectivity index (χ1) is 9.34. The number of benzene rings is 2. The number of hydrogen-bond acceptors (Lipinski definition) is 2. The van der Waals surface area contributed by atoms with Crippen LogP contribution in [0.25, 0.3) is 0 Å². The molecule has 0 amide bonds. The fraction of sp³-hybridized carbons (Fsp3) is 0.235. The van der Waals surface area contributed by atoms with Gasteiger partial charge in [-0.2, -0.15) is 0 Å². The van der Waals surface area contributed by atoms with Crippen LogP contribution in [0.1, 0.15) is 40.9 Å². The molecule has 0 unspecified atom stereocenters. The van der Waals surface area contributed by atoms with E-state index in [0.29, 0.717) is 5.56 Å². The van der Waals surface area contributed by atoms with Gasteiger partial charge in [-0.3, -0.25) is 0 Å². The number of hydrogen-bond donors (Lipinski definition) is 2. The Morgan fingerprint density at radius 1 is 1.10 bits per heavy atom. The molecule has 0 aliphatic rings. The number of aryl methyl sites for hydroxylation is 1. The van der Waals surface area contributed by atoms with E-state index in [2.05, 4.69) is 0 Å². The standard InChI is InChI=1S/C17H18O3/c1-11-9-13(16(19)20)15(18)14(10-11)17(2,3)12-7-5-4-6-8-12/h4-10,18H,1-3H3,(H,19,20). The fourth-order valence-corrected chi connectivity index (χ4v) is 2.43. The van der Waals surface area contributed by atoms with Crippen molar-refractivity contribution in [2.24, 2.45) is 0 Å². The summed E-state index contributed by atoms with van der Waals surface area (Å²) in [6.07, 6.45) is 0. The molecule has 2 aromatic carbocycles. The number of phenols is 1. The lowest BCUT2D eigenvalue weighted by atomic mass is 9.76. The van der Waals surface area contributed by atoms with Gasteiger partial charge in [0.1, 0.15) is 11.3 Å². The zero-order valence-electron chi connectivity index (χ0n) is 11.8. The summed E-state index contributed by atoms with van der Waals surface area (Å²) < 4.78 is 0. The highest BCUT2D eigenvalue weighted by atomic mass is 16.4. The van der Waals surface area contributed by atoms with E-state index in [4.69, 9.17) is 0 Å². The Hall–Kier alpha value is -2.29. The monoisotopic (exact) mass is 270 g/mol. The first kappa shape index (κ1) is 14.1. The van der Waals surface area contributed by atoms with Gasteiger partial charge < -0.3 is 10.2 Å². The van der Waals surface area contributed by atoms with E-state index in [1.807, 2.05) is 57.2 Å². The number of carboxylic acids is 1. The van der Waals surface area contributed by atoms with Gasteiger partial charge in [0.15, 0.2) is 0 Å². The van der Waals surface area contributed by atoms with Crippen LogP contribution in [0.15, 0.2) is 42.5 Å². The molecule has 2 aromatic rings. The topological polar surface area (TPSA) is 57.5 Å². The van der Waals surface area contributed by atoms with Crippen molar-refractivity contribution < 1.29 is 15.0 Å². The van der Waals surface area contributed by atoms with Gasteiger partial charge in [-0.1, -0.05) is 50.2 Å². The first-order valence-corrected chi connectivity index (χ1v) is 6.47. The lowest BCUT2D eigenvalue weighted by Crippen LogP contribution is -2.20. The van der Waals surface area contributed by atoms with E-state index >= 15 is 0 Å². The van der Waals surface area contributed by atoms with Crippen LogP contribution in [0.4, 0.5) is 0 Å². The Bertz CT molecular complexity index is 643. The fourth-order valence-electron chi connectivity index (χ4n) is 2.43. The molecule has 0 heterocycles. The maximum absolute atomic E-state index is 11.2. The van der Waals surface area contributed by atoms with E-state index in [1.54, 1.807) is 0 Å². The molecule has 3 heteroatoms. The summed E-state index contributed by atoms with van der Waals surface area (Å²) in [6, 6.07) is 13.1. The molecule has 0 spiro atoms. The van der Waals surface area contributed by atoms with Gasteiger partial charge in [0.25, 0.3) is 0 Å². The number of aromatic carboxylic acids is 1. The van der Waals surface area contributed by atoms with E-state index < -0.39 is 11.4 Å². The molecule has 104 valence electrons. The second-order valence-electron chi connectivity index (χ2n) is 5.50. The molecular formula is C17H18O3. The van der Waals surface area contributed by atoms with Gasteiger partial charge >= 0.3 is 5.97 Å². The highest BCUT2D eigenvalue weighted by molar-refractivity contribution is 5.91. The molecule has 0 aliphatic heterocycles. The van der Waals surface area contributed by atoms with Crippen molar-refractivity contribution >= 4 is 5.97 Å². The lowest BCUT2D eigenvalue weighted by Gasteiger charge is -2.28. The molecule has 0 aliphatic carbocycles. The number of aromatic hydroxyl groups is 1. The van der Waals surface area contributed by atoms with Crippen molar-refractivity contribution in [3.63, 3.8) is 0 Å². The van der Waals surface area contributed by atoms with Crippen LogP contribution >= 0.6 is 0 Å². The Morgan fingerprint density at radius 2 is 1.70 bits per heavy atom. The summed E-state index contributed by atoms with van der Waals surface area (Å²) in [5.41, 5.74) is 1.95. The predicted octanol–water partition coefficient (Wildman–Crippen LogP) is 3.72. The first-order valence-electron chi connectivity index (χ1n) is 6.47. The highest BCUT2D eigenvalue weighted by Crippen LogP contribution is 2.39. The maximum Gasteiger partial charge on any atom is 0.339 e. The molecule has 20 heavy (non-hydrogen) atoms. The molecule has 3 nitrogen and oxygen atoms in total. The molecule has 2 N–H and O–H groups in total. The van der Waals surface area contributed by atoms with E-state index in [-0.39, 0.29) is 11.3 Å². The average Bonchev–Trinajstić information content (AvgIpc) is 2.41. The summed E-state index contributed by atoms with van der Waals surface area (Å²) in [6.45, 7) is 5.78. The molecular weight excluding hydrogens is 252 g/mol. The van der Waals surface area contributed by atoms with Gasteiger partial charge in [0.05, 0.1) is 0 Å². The Labute approximate surface area is 118 Å². The summed E-state index contributed by atoms with van der Waals surface area (Å²) in [7, 11) is 0. The Kier molecular flexibility index (Phi) is 3.53. The van der Waals surface area contributed by atoms with Crippen molar-refractivity contribution in [3.05, 3.63) is 64.7 Å². The van der Waals surface area contributed by atoms with Gasteiger partial charge in [-0.05, 0) is 24.1 Å². The van der Waals surface area contributed by atoms with Crippen LogP contribution in [0, 0.1) is 6.92 Å². The molecule has 0 atom stereocenters. The van der Waals surface area contributed by atoms with Crippen molar-refractivity contribution in [2.45, 2.75) is 26.2 Å². The van der Waals surface area contributed by atoms with Gasteiger partial charge in [0.2, 0.25) is 0 Å². The van der Waals surface area contributed by atoms with E-state index in [0.717, 1.165) is 11.1 Å². The zero-order valence-corrected chi connectivity index (χ0v) is 11.8. The maximum atomic E-state index is 11.2. The largest absolute Gasteiger partial charge is 0.507 e. The molecule has 0 fully saturated rings. The van der Waals surface area contributed by atoms with E-state index in [9.17, 15) is 15.0 Å². The van der Waals surface area contributed by atoms with Crippen molar-refractivity contribution in [1.82, 2.24) is 0 Å². The second-order valence-corrected chi connectivity index (χ2v) is 5.50. The third-order valence-corrected chi connectivity index (χ3v) is 3.65. The minimum Gasteiger partial charge on any atom is -0.507 e. The minimum absolute atomic E-state index is 0.0518. The second kappa shape index (κ2) is 5.00. The molecule has 0 radical (unpaired) electrons. The summed E-state index contributed by atoms with van der Waals surface area (Å²) in [5.74, 6) is -1.27. The SMILES string of the molecule is Cc1cc(C(=O)O)c(O)c(C(C)(C)c2ccccc2)c1. The molecule has 0 bridgehead atoms. The van der Waals surface area contributed by atoms with Crippen molar-refractivity contribution in [3.8, 4) is 5.75 Å². The zero-order chi connectivity index (χ0) is 14.9. The van der Waals surface area contributed by atoms with Crippen molar-refractivity contribution in [2.75, 3.05) is 0 Å². The smallest absolute Gasteiger partial charge is 0.339 e. The van der Waals surface area contributed by atoms with Gasteiger partial charge in [0, 0.05) is 11.0 Å². The summed E-state index contributed by atoms with van der Waals surface area (Å²) in [4.78, 5) is 11.2. The van der Waals surface area contributed by atoms with Crippen LogP contribution in [-0.2, 0) is 5.41 Å². The van der Waals surface area contributed by atoms with Gasteiger partial charge in [-0.15, -0.1) is 0 Å². The minimum atomic E-state index is -1.11. The summed E-state index contributed by atoms with van der Waals surface area (Å²) >= 11 is 0. The molecule has 0 aromatic heterocycles. The third-order valence-electron chi connectivity index (χ3n) is 3.65. The van der Waals surface area contributed by atoms with Crippen LogP contribution < -0.4 is 0 Å². The summed E-state index contributed by atoms with van der Waals surface area (Å²) in [5, 5.41) is 19.5. The molecule has 0 saturated carbocycles. The van der Waals surface area contributed by atoms with Crippen LogP contribution in [-0.4, -0.2) is 16.2 Å². The molecule has 0 saturated heterocycles. The Morgan fingerprint density at radius 3 is 2.25 bits per heavy atom. The van der Waals surface area contributed by atoms with Gasteiger partial charge in [-0.25, -0.2) is 4.79 Å². The van der Waals surface area contributed by atoms with Crippen LogP contribution in [0.3, 0.4) is 0 Å². The number of carboxylic acid groups (broad SMARTS) is 1. The highest BCUT2D eigenvalue weighted by Gasteiger charge is 2.28. The number of rotatable bonds is 3. The van der Waals surface area contributed by atoms with Crippen LogP contribution in [0.2, 0.25) is 0 Å². The normalized spacial score (nSPS) is 11.3. The van der Waals surface area contributed by atoms with Crippen LogP contribution in [0.5, 0.6) is 5.75 Å². The Balaban J connectivity index is 2.66. The predicted molar refractivity (Wildman–Crippen MR) is 78.4 cm³/mol. The lowest BCUT2D eigenvalue weighted by molar-refractivity contribution is 0.0693. The third kappa shape index (κ3) is 2.39. The molecule has 2 rings (SSSR count). The van der Waals surface area contributed by atoms with Crippen molar-refractivity contribution in [1.29, 1.82) is 0 Å². The number of carbonyl (C=O) groups is 1. The van der Waals surface area contributed by atoms with E-state index in [1.165, 1.54) is 6.07 Å². The quantitative estimate of drug-likeness (QED) is 0.893. The average molecular weight is 270 g/mol.